The van der Waals surface area contributed by atoms with Crippen LogP contribution in [-0.4, -0.2) is 37.9 Å². The highest BCUT2D eigenvalue weighted by molar-refractivity contribution is 6.30. The number of carbonyl (C=O) groups is 2. The maximum absolute atomic E-state index is 12.4. The van der Waals surface area contributed by atoms with E-state index < -0.39 is 0 Å². The average Bonchev–Trinajstić information content (AvgIpc) is 2.53. The zero-order valence-corrected chi connectivity index (χ0v) is 14.8. The lowest BCUT2D eigenvalue weighted by molar-refractivity contribution is 0.0824. The first-order valence-corrected chi connectivity index (χ1v) is 7.68. The quantitative estimate of drug-likeness (QED) is 0.920. The number of nitrogens with zero attached hydrogens (tertiary/aromatic N) is 1. The molecule has 2 rings (SSSR count). The van der Waals surface area contributed by atoms with Crippen molar-refractivity contribution in [3.05, 3.63) is 58.1 Å². The van der Waals surface area contributed by atoms with Gasteiger partial charge in [0.25, 0.3) is 11.8 Å². The molecule has 0 heterocycles. The van der Waals surface area contributed by atoms with Gasteiger partial charge in [-0.05, 0) is 48.9 Å². The minimum absolute atomic E-state index is 0.203. The summed E-state index contributed by atoms with van der Waals surface area (Å²) in [7, 11) is 4.81. The van der Waals surface area contributed by atoms with Gasteiger partial charge in [-0.1, -0.05) is 11.6 Å². The number of amides is 2. The van der Waals surface area contributed by atoms with E-state index in [9.17, 15) is 9.59 Å². The fourth-order valence-corrected chi connectivity index (χ4v) is 2.50. The minimum Gasteiger partial charge on any atom is -0.496 e. The van der Waals surface area contributed by atoms with E-state index in [0.717, 1.165) is 5.56 Å². The number of hydrogen-bond acceptors (Lipinski definition) is 3. The highest BCUT2D eigenvalue weighted by Gasteiger charge is 2.16. The summed E-state index contributed by atoms with van der Waals surface area (Å²) in [6, 6.07) is 10.0. The number of aryl methyl sites for hydroxylation is 1. The predicted octanol–water partition coefficient (Wildman–Crippen LogP) is 3.61. The van der Waals surface area contributed by atoms with E-state index in [1.54, 1.807) is 50.5 Å². The third-order valence-electron chi connectivity index (χ3n) is 3.53. The van der Waals surface area contributed by atoms with Gasteiger partial charge in [0.1, 0.15) is 5.75 Å². The number of benzene rings is 2. The molecule has 24 heavy (non-hydrogen) atoms. The second-order valence-electron chi connectivity index (χ2n) is 5.53. The number of nitrogens with one attached hydrogen (secondary N) is 1. The normalized spacial score (nSPS) is 10.2. The van der Waals surface area contributed by atoms with Crippen LogP contribution in [0.25, 0.3) is 0 Å². The lowest BCUT2D eigenvalue weighted by atomic mass is 10.1. The van der Waals surface area contributed by atoms with E-state index in [4.69, 9.17) is 16.3 Å². The Bertz CT molecular complexity index is 788. The van der Waals surface area contributed by atoms with Crippen LogP contribution in [0.2, 0.25) is 5.02 Å². The predicted molar refractivity (Wildman–Crippen MR) is 95.2 cm³/mol. The number of methoxy groups -OCH3 is 1. The number of hydrogen-bond donors (Lipinski definition) is 1. The molecular formula is C18H19ClN2O3. The molecule has 126 valence electrons. The van der Waals surface area contributed by atoms with Gasteiger partial charge >= 0.3 is 0 Å². The Kier molecular flexibility index (Phi) is 5.46. The number of halogens is 1. The molecule has 2 aromatic carbocycles. The second-order valence-corrected chi connectivity index (χ2v) is 5.96. The van der Waals surface area contributed by atoms with Gasteiger partial charge in [0.15, 0.2) is 0 Å². The Hall–Kier alpha value is -2.53. The molecule has 2 amide bonds. The Morgan fingerprint density at radius 3 is 2.38 bits per heavy atom. The molecule has 0 aliphatic rings. The monoisotopic (exact) mass is 346 g/mol. The van der Waals surface area contributed by atoms with Crippen LogP contribution in [-0.2, 0) is 0 Å². The largest absolute Gasteiger partial charge is 0.496 e. The molecular weight excluding hydrogens is 328 g/mol. The van der Waals surface area contributed by atoms with E-state index in [1.165, 1.54) is 12.0 Å². The molecule has 2 aromatic rings. The number of ether oxygens (including phenoxy) is 1. The van der Waals surface area contributed by atoms with Gasteiger partial charge in [0.05, 0.1) is 12.7 Å². The molecule has 0 saturated carbocycles. The van der Waals surface area contributed by atoms with Crippen molar-refractivity contribution in [3.8, 4) is 5.75 Å². The number of rotatable bonds is 4. The summed E-state index contributed by atoms with van der Waals surface area (Å²) in [5.41, 5.74) is 2.20. The smallest absolute Gasteiger partial charge is 0.257 e. The van der Waals surface area contributed by atoms with Crippen LogP contribution in [0.5, 0.6) is 5.75 Å². The van der Waals surface area contributed by atoms with Crippen molar-refractivity contribution in [3.63, 3.8) is 0 Å². The molecule has 0 fully saturated rings. The van der Waals surface area contributed by atoms with Gasteiger partial charge in [-0.2, -0.15) is 0 Å². The third-order valence-corrected chi connectivity index (χ3v) is 3.76. The fraction of sp³-hybridized carbons (Fsp3) is 0.222. The van der Waals surface area contributed by atoms with Crippen molar-refractivity contribution in [2.75, 3.05) is 26.5 Å². The summed E-state index contributed by atoms with van der Waals surface area (Å²) in [4.78, 5) is 26.1. The molecule has 0 aliphatic heterocycles. The van der Waals surface area contributed by atoms with E-state index >= 15 is 0 Å². The first-order chi connectivity index (χ1) is 11.3. The van der Waals surface area contributed by atoms with E-state index in [1.807, 2.05) is 6.92 Å². The van der Waals surface area contributed by atoms with Crippen molar-refractivity contribution in [2.24, 2.45) is 0 Å². The zero-order valence-electron chi connectivity index (χ0n) is 14.0. The fourth-order valence-electron chi connectivity index (χ4n) is 2.27. The summed E-state index contributed by atoms with van der Waals surface area (Å²) in [6.07, 6.45) is 0. The summed E-state index contributed by atoms with van der Waals surface area (Å²) >= 11 is 5.91. The van der Waals surface area contributed by atoms with Crippen LogP contribution in [0, 0.1) is 6.92 Å². The van der Waals surface area contributed by atoms with Crippen molar-refractivity contribution >= 4 is 29.1 Å². The Labute approximate surface area is 146 Å². The van der Waals surface area contributed by atoms with Gasteiger partial charge in [-0.25, -0.2) is 0 Å². The topological polar surface area (TPSA) is 58.6 Å². The summed E-state index contributed by atoms with van der Waals surface area (Å²) < 4.78 is 5.22. The van der Waals surface area contributed by atoms with Gasteiger partial charge in [-0.3, -0.25) is 9.59 Å². The molecule has 0 atom stereocenters. The molecule has 0 saturated heterocycles. The highest BCUT2D eigenvalue weighted by atomic mass is 35.5. The zero-order chi connectivity index (χ0) is 17.9. The Balaban J connectivity index is 2.31. The molecule has 0 radical (unpaired) electrons. The van der Waals surface area contributed by atoms with Gasteiger partial charge in [-0.15, -0.1) is 0 Å². The first kappa shape index (κ1) is 17.8. The molecule has 0 bridgehead atoms. The molecule has 0 spiro atoms. The van der Waals surface area contributed by atoms with Crippen LogP contribution in [0.1, 0.15) is 26.3 Å². The minimum atomic E-state index is -0.266. The van der Waals surface area contributed by atoms with Crippen LogP contribution in [0.15, 0.2) is 36.4 Å². The maximum Gasteiger partial charge on any atom is 0.257 e. The van der Waals surface area contributed by atoms with Crippen molar-refractivity contribution in [1.29, 1.82) is 0 Å². The van der Waals surface area contributed by atoms with Crippen molar-refractivity contribution in [2.45, 2.75) is 6.92 Å². The summed E-state index contributed by atoms with van der Waals surface area (Å²) in [5.74, 6) is -0.0161. The Morgan fingerprint density at radius 1 is 1.08 bits per heavy atom. The molecule has 0 unspecified atom stereocenters. The Morgan fingerprint density at radius 2 is 1.79 bits per heavy atom. The molecule has 0 aromatic heterocycles. The highest BCUT2D eigenvalue weighted by Crippen LogP contribution is 2.24. The first-order valence-electron chi connectivity index (χ1n) is 7.30. The maximum atomic E-state index is 12.4. The molecule has 0 aliphatic carbocycles. The average molecular weight is 347 g/mol. The van der Waals surface area contributed by atoms with Crippen LogP contribution in [0.4, 0.5) is 5.69 Å². The van der Waals surface area contributed by atoms with Crippen molar-refractivity contribution in [1.82, 2.24) is 4.90 Å². The lowest BCUT2D eigenvalue weighted by Crippen LogP contribution is -2.22. The number of carbonyl (C=O) groups excluding carboxylic acids is 2. The molecule has 1 N–H and O–H groups in total. The van der Waals surface area contributed by atoms with Crippen LogP contribution < -0.4 is 10.1 Å². The SMILES string of the molecule is COc1ccc(NC(=O)c2ccc(Cl)cc2C)cc1C(=O)N(C)C. The van der Waals surface area contributed by atoms with E-state index in [2.05, 4.69) is 5.32 Å². The summed E-state index contributed by atoms with van der Waals surface area (Å²) in [6.45, 7) is 1.82. The van der Waals surface area contributed by atoms with Gasteiger partial charge < -0.3 is 15.0 Å². The van der Waals surface area contributed by atoms with E-state index in [-0.39, 0.29) is 11.8 Å². The standard InChI is InChI=1S/C18H19ClN2O3/c1-11-9-12(19)5-7-14(11)17(22)20-13-6-8-16(24-4)15(10-13)18(23)21(2)3/h5-10H,1-4H3,(H,20,22). The van der Waals surface area contributed by atoms with Gasteiger partial charge in [0, 0.05) is 30.4 Å². The summed E-state index contributed by atoms with van der Waals surface area (Å²) in [5, 5.41) is 3.37. The third kappa shape index (κ3) is 3.86. The lowest BCUT2D eigenvalue weighted by Gasteiger charge is -2.15. The van der Waals surface area contributed by atoms with Crippen LogP contribution >= 0.6 is 11.6 Å². The molecule has 5 nitrogen and oxygen atoms in total. The number of anilines is 1. The van der Waals surface area contributed by atoms with E-state index in [0.29, 0.717) is 27.6 Å². The second kappa shape index (κ2) is 7.36. The molecule has 6 heteroatoms. The van der Waals surface area contributed by atoms with Crippen LogP contribution in [0.3, 0.4) is 0 Å². The van der Waals surface area contributed by atoms with Gasteiger partial charge in [0.2, 0.25) is 0 Å². The van der Waals surface area contributed by atoms with Crippen molar-refractivity contribution < 1.29 is 14.3 Å².